The summed E-state index contributed by atoms with van der Waals surface area (Å²) >= 11 is 0. The van der Waals surface area contributed by atoms with Crippen LogP contribution < -0.4 is 0 Å². The Morgan fingerprint density at radius 1 is 1.33 bits per heavy atom. The van der Waals surface area contributed by atoms with Crippen molar-refractivity contribution in [3.8, 4) is 0 Å². The van der Waals surface area contributed by atoms with Gasteiger partial charge in [0.1, 0.15) is 0 Å². The van der Waals surface area contributed by atoms with Crippen molar-refractivity contribution in [1.29, 1.82) is 0 Å². The topological polar surface area (TPSA) is 35.5 Å². The lowest BCUT2D eigenvalue weighted by Gasteiger charge is -2.50. The number of rotatable bonds is 5. The number of carbonyl (C=O) groups is 1. The van der Waals surface area contributed by atoms with Crippen LogP contribution in [0.15, 0.2) is 24.3 Å². The molecular weight excluding hydrogens is 264 g/mol. The molecule has 2 aliphatic rings. The number of aryl methyl sites for hydroxylation is 1. The summed E-state index contributed by atoms with van der Waals surface area (Å²) in [6, 6.07) is 8.57. The van der Waals surface area contributed by atoms with E-state index in [1.54, 1.807) is 0 Å². The molecule has 0 aromatic heterocycles. The van der Waals surface area contributed by atoms with Crippen LogP contribution in [0.5, 0.6) is 0 Å². The van der Waals surface area contributed by atoms with Gasteiger partial charge in [-0.05, 0) is 49.7 Å². The minimum Gasteiger partial charge on any atom is -0.300 e. The Bertz CT molecular complexity index is 499. The van der Waals surface area contributed by atoms with E-state index in [2.05, 4.69) is 24.3 Å². The van der Waals surface area contributed by atoms with Crippen molar-refractivity contribution < 1.29 is 14.6 Å². The highest BCUT2D eigenvalue weighted by molar-refractivity contribution is 5.62. The zero-order valence-corrected chi connectivity index (χ0v) is 12.7. The van der Waals surface area contributed by atoms with E-state index in [0.717, 1.165) is 32.0 Å². The normalized spacial score (nSPS) is 29.3. The first-order valence-electron chi connectivity index (χ1n) is 8.15. The van der Waals surface area contributed by atoms with Gasteiger partial charge in [0.05, 0.1) is 6.61 Å². The van der Waals surface area contributed by atoms with Crippen LogP contribution in [-0.4, -0.2) is 19.0 Å². The summed E-state index contributed by atoms with van der Waals surface area (Å²) in [6.45, 7) is 2.35. The van der Waals surface area contributed by atoms with Gasteiger partial charge < -0.3 is 4.79 Å². The molecule has 0 heterocycles. The first kappa shape index (κ1) is 14.7. The van der Waals surface area contributed by atoms with E-state index in [0.29, 0.717) is 12.5 Å². The second-order valence-electron chi connectivity index (χ2n) is 6.24. The number of aldehydes is 1. The van der Waals surface area contributed by atoms with Gasteiger partial charge in [0.15, 0.2) is 12.4 Å². The summed E-state index contributed by atoms with van der Waals surface area (Å²) < 4.78 is 0. The Morgan fingerprint density at radius 2 is 2.19 bits per heavy atom. The maximum atomic E-state index is 11.8. The van der Waals surface area contributed by atoms with Crippen molar-refractivity contribution in [2.75, 3.05) is 6.61 Å². The second kappa shape index (κ2) is 6.29. The van der Waals surface area contributed by atoms with Gasteiger partial charge in [0.2, 0.25) is 0 Å². The van der Waals surface area contributed by atoms with Gasteiger partial charge in [0, 0.05) is 5.41 Å². The molecule has 3 atom stereocenters. The lowest BCUT2D eigenvalue weighted by molar-refractivity contribution is -0.327. The van der Waals surface area contributed by atoms with Crippen LogP contribution in [0.1, 0.15) is 50.2 Å². The van der Waals surface area contributed by atoms with Gasteiger partial charge in [-0.3, -0.25) is 0 Å². The molecule has 3 unspecified atom stereocenters. The fourth-order valence-corrected chi connectivity index (χ4v) is 4.45. The highest BCUT2D eigenvalue weighted by Crippen LogP contribution is 2.52. The lowest BCUT2D eigenvalue weighted by atomic mass is 9.55. The van der Waals surface area contributed by atoms with Crippen LogP contribution >= 0.6 is 0 Å². The monoisotopic (exact) mass is 288 g/mol. The second-order valence-corrected chi connectivity index (χ2v) is 6.24. The first-order chi connectivity index (χ1) is 10.3. The molecule has 1 saturated carbocycles. The summed E-state index contributed by atoms with van der Waals surface area (Å²) in [4.78, 5) is 22.5. The molecule has 1 aromatic carbocycles. The van der Waals surface area contributed by atoms with Crippen molar-refractivity contribution in [3.63, 3.8) is 0 Å². The van der Waals surface area contributed by atoms with Crippen molar-refractivity contribution >= 4 is 6.29 Å². The smallest absolute Gasteiger partial charge is 0.158 e. The third kappa shape index (κ3) is 2.43. The van der Waals surface area contributed by atoms with E-state index in [4.69, 9.17) is 9.78 Å². The Kier molecular flexibility index (Phi) is 4.41. The Morgan fingerprint density at radius 3 is 3.00 bits per heavy atom. The molecule has 0 spiro atoms. The predicted molar refractivity (Wildman–Crippen MR) is 81.0 cm³/mol. The molecule has 21 heavy (non-hydrogen) atoms. The number of fused-ring (bicyclic) bond motifs is 3. The molecule has 114 valence electrons. The minimum atomic E-state index is -0.496. The molecular formula is C18H24O3. The first-order valence-corrected chi connectivity index (χ1v) is 8.15. The van der Waals surface area contributed by atoms with E-state index in [-0.39, 0.29) is 5.41 Å². The summed E-state index contributed by atoms with van der Waals surface area (Å²) in [5.74, 6) is 0.525. The molecule has 2 aliphatic carbocycles. The zero-order valence-electron chi connectivity index (χ0n) is 12.7. The van der Waals surface area contributed by atoms with Crippen molar-refractivity contribution in [2.24, 2.45) is 5.92 Å². The Balaban J connectivity index is 2.05. The molecule has 0 aliphatic heterocycles. The molecule has 1 aromatic rings. The van der Waals surface area contributed by atoms with Crippen LogP contribution in [0, 0.1) is 5.92 Å². The largest absolute Gasteiger partial charge is 0.300 e. The van der Waals surface area contributed by atoms with Crippen molar-refractivity contribution in [1.82, 2.24) is 0 Å². The fourth-order valence-electron chi connectivity index (χ4n) is 4.45. The third-order valence-electron chi connectivity index (χ3n) is 5.32. The fraction of sp³-hybridized carbons (Fsp3) is 0.611. The summed E-state index contributed by atoms with van der Waals surface area (Å²) in [5, 5.41) is 0. The molecule has 0 radical (unpaired) electrons. The van der Waals surface area contributed by atoms with Crippen molar-refractivity contribution in [3.05, 3.63) is 35.4 Å². The Labute approximate surface area is 126 Å². The molecule has 0 amide bonds. The van der Waals surface area contributed by atoms with Crippen LogP contribution in [0.2, 0.25) is 0 Å². The lowest BCUT2D eigenvalue weighted by Crippen LogP contribution is -2.52. The standard InChI is InChI=1S/C18H24O3/c1-2-20-21-17(13-19)18-12-6-5-8-15(18)11-10-14-7-3-4-9-16(14)18/h3-4,7,9,13,15,17H,2,5-6,8,10-12H2,1H3. The van der Waals surface area contributed by atoms with Gasteiger partial charge in [-0.25, -0.2) is 9.78 Å². The van der Waals surface area contributed by atoms with Crippen LogP contribution in [-0.2, 0) is 26.4 Å². The maximum absolute atomic E-state index is 11.8. The maximum Gasteiger partial charge on any atom is 0.158 e. The van der Waals surface area contributed by atoms with Crippen LogP contribution in [0.25, 0.3) is 0 Å². The number of hydrogen-bond donors (Lipinski definition) is 0. The zero-order chi connectivity index (χ0) is 14.7. The summed E-state index contributed by atoms with van der Waals surface area (Å²) in [6.07, 6.45) is 7.35. The van der Waals surface area contributed by atoms with Crippen molar-refractivity contribution in [2.45, 2.75) is 57.0 Å². The molecule has 1 fully saturated rings. The van der Waals surface area contributed by atoms with Gasteiger partial charge >= 0.3 is 0 Å². The van der Waals surface area contributed by atoms with E-state index in [1.807, 2.05) is 6.92 Å². The van der Waals surface area contributed by atoms with Gasteiger partial charge in [-0.15, -0.1) is 0 Å². The molecule has 0 saturated heterocycles. The van der Waals surface area contributed by atoms with E-state index in [1.165, 1.54) is 24.0 Å². The quantitative estimate of drug-likeness (QED) is 0.472. The highest BCUT2D eigenvalue weighted by Gasteiger charge is 2.51. The van der Waals surface area contributed by atoms with E-state index < -0.39 is 6.10 Å². The molecule has 0 bridgehead atoms. The van der Waals surface area contributed by atoms with E-state index in [9.17, 15) is 4.79 Å². The van der Waals surface area contributed by atoms with E-state index >= 15 is 0 Å². The molecule has 3 nitrogen and oxygen atoms in total. The molecule has 3 heteroatoms. The summed E-state index contributed by atoms with van der Waals surface area (Å²) in [5.41, 5.74) is 2.50. The third-order valence-corrected chi connectivity index (χ3v) is 5.32. The number of benzene rings is 1. The van der Waals surface area contributed by atoms with Gasteiger partial charge in [-0.2, -0.15) is 0 Å². The Hall–Kier alpha value is -1.19. The summed E-state index contributed by atoms with van der Waals surface area (Å²) in [7, 11) is 0. The van der Waals surface area contributed by atoms with Gasteiger partial charge in [-0.1, -0.05) is 37.1 Å². The average molecular weight is 288 g/mol. The molecule has 3 rings (SSSR count). The number of carbonyl (C=O) groups excluding carboxylic acids is 1. The van der Waals surface area contributed by atoms with Crippen LogP contribution in [0.4, 0.5) is 0 Å². The minimum absolute atomic E-state index is 0.190. The molecule has 0 N–H and O–H groups in total. The predicted octanol–water partition coefficient (Wildman–Crippen LogP) is 3.60. The number of hydrogen-bond acceptors (Lipinski definition) is 3. The van der Waals surface area contributed by atoms with Gasteiger partial charge in [0.25, 0.3) is 0 Å². The average Bonchev–Trinajstić information content (AvgIpc) is 2.55. The highest BCUT2D eigenvalue weighted by atomic mass is 17.2. The van der Waals surface area contributed by atoms with Crippen LogP contribution in [0.3, 0.4) is 0 Å². The SMILES string of the molecule is CCOOC(C=O)C12CCCCC1CCc1ccccc12.